The minimum atomic E-state index is -0.916. The predicted molar refractivity (Wildman–Crippen MR) is 60.8 cm³/mol. The van der Waals surface area contributed by atoms with E-state index in [1.165, 1.54) is 0 Å². The zero-order valence-corrected chi connectivity index (χ0v) is 10.7. The van der Waals surface area contributed by atoms with E-state index in [0.717, 1.165) is 6.42 Å². The molecule has 0 aromatic heterocycles. The fourth-order valence-corrected chi connectivity index (χ4v) is 1.17. The molecular weight excluding hydrogens is 192 g/mol. The van der Waals surface area contributed by atoms with Crippen molar-refractivity contribution < 1.29 is 10.1 Å². The van der Waals surface area contributed by atoms with Gasteiger partial charge in [-0.15, -0.1) is 0 Å². The summed E-state index contributed by atoms with van der Waals surface area (Å²) in [4.78, 5) is 4.43. The Morgan fingerprint density at radius 3 is 2.07 bits per heavy atom. The summed E-state index contributed by atoms with van der Waals surface area (Å²) in [6.07, 6.45) is 1.55. The van der Waals surface area contributed by atoms with Crippen LogP contribution < -0.4 is 0 Å². The molecule has 4 nitrogen and oxygen atoms in total. The standard InChI is InChI=1S/C11H24N2O2/c1-7-10(4,5)12-13-11(6,15-14)8-9(2)3/h9,14H,7-8H2,1-6H3. The SMILES string of the molecule is CCC(C)(C)N=NC(C)(CC(C)C)OO. The molecule has 4 heteroatoms. The number of azo groups is 1. The molecule has 15 heavy (non-hydrogen) atoms. The van der Waals surface area contributed by atoms with Crippen molar-refractivity contribution >= 4 is 0 Å². The average molecular weight is 216 g/mol. The molecule has 0 saturated heterocycles. The third-order valence-electron chi connectivity index (χ3n) is 2.38. The third-order valence-corrected chi connectivity index (χ3v) is 2.38. The van der Waals surface area contributed by atoms with Crippen LogP contribution in [-0.4, -0.2) is 16.5 Å². The first-order chi connectivity index (χ1) is 6.74. The molecule has 0 aliphatic heterocycles. The first-order valence-corrected chi connectivity index (χ1v) is 5.51. The van der Waals surface area contributed by atoms with Crippen LogP contribution in [0.3, 0.4) is 0 Å². The molecule has 0 aromatic rings. The smallest absolute Gasteiger partial charge is 0.209 e. The predicted octanol–water partition coefficient (Wildman–Crippen LogP) is 3.88. The summed E-state index contributed by atoms with van der Waals surface area (Å²) >= 11 is 0. The van der Waals surface area contributed by atoms with Crippen molar-refractivity contribution in [1.82, 2.24) is 0 Å². The second kappa shape index (κ2) is 5.56. The van der Waals surface area contributed by atoms with Gasteiger partial charge in [0.05, 0.1) is 5.54 Å². The van der Waals surface area contributed by atoms with Gasteiger partial charge in [-0.25, -0.2) is 10.1 Å². The van der Waals surface area contributed by atoms with Crippen molar-refractivity contribution in [2.75, 3.05) is 0 Å². The molecule has 0 rings (SSSR count). The molecule has 0 saturated carbocycles. The number of nitrogens with zero attached hydrogens (tertiary/aromatic N) is 2. The van der Waals surface area contributed by atoms with E-state index in [1.54, 1.807) is 6.92 Å². The van der Waals surface area contributed by atoms with Crippen LogP contribution in [-0.2, 0) is 4.89 Å². The Hall–Kier alpha value is -0.480. The van der Waals surface area contributed by atoms with E-state index < -0.39 is 5.72 Å². The van der Waals surface area contributed by atoms with Crippen LogP contribution in [0.5, 0.6) is 0 Å². The molecule has 1 N–H and O–H groups in total. The van der Waals surface area contributed by atoms with E-state index >= 15 is 0 Å². The van der Waals surface area contributed by atoms with Gasteiger partial charge in [0, 0.05) is 6.42 Å². The van der Waals surface area contributed by atoms with Gasteiger partial charge in [0.2, 0.25) is 5.72 Å². The molecule has 0 heterocycles. The largest absolute Gasteiger partial charge is 0.249 e. The highest BCUT2D eigenvalue weighted by Gasteiger charge is 2.27. The quantitative estimate of drug-likeness (QED) is 0.416. The minimum absolute atomic E-state index is 0.198. The summed E-state index contributed by atoms with van der Waals surface area (Å²) in [5, 5.41) is 17.2. The average Bonchev–Trinajstić information content (AvgIpc) is 2.14. The third kappa shape index (κ3) is 5.85. The number of hydrogen-bond donors (Lipinski definition) is 1. The lowest BCUT2D eigenvalue weighted by atomic mass is 10.0. The Bertz CT molecular complexity index is 215. The van der Waals surface area contributed by atoms with Crippen LogP contribution in [0, 0.1) is 5.92 Å². The molecule has 0 spiro atoms. The lowest BCUT2D eigenvalue weighted by Crippen LogP contribution is -2.28. The van der Waals surface area contributed by atoms with Crippen molar-refractivity contribution in [1.29, 1.82) is 0 Å². The second-order valence-corrected chi connectivity index (χ2v) is 5.23. The monoisotopic (exact) mass is 216 g/mol. The summed E-state index contributed by atoms with van der Waals surface area (Å²) in [6, 6.07) is 0. The molecule has 1 unspecified atom stereocenters. The van der Waals surface area contributed by atoms with Crippen LogP contribution in [0.2, 0.25) is 0 Å². The highest BCUT2D eigenvalue weighted by molar-refractivity contribution is 4.77. The molecular formula is C11H24N2O2. The maximum absolute atomic E-state index is 8.85. The Morgan fingerprint density at radius 2 is 1.73 bits per heavy atom. The van der Waals surface area contributed by atoms with Gasteiger partial charge in [0.25, 0.3) is 0 Å². The Labute approximate surface area is 92.7 Å². The highest BCUT2D eigenvalue weighted by atomic mass is 17.1. The maximum Gasteiger partial charge on any atom is 0.209 e. The van der Waals surface area contributed by atoms with Crippen LogP contribution >= 0.6 is 0 Å². The van der Waals surface area contributed by atoms with Gasteiger partial charge in [-0.3, -0.25) is 0 Å². The topological polar surface area (TPSA) is 54.2 Å². The Balaban J connectivity index is 4.56. The number of rotatable bonds is 6. The summed E-state index contributed by atoms with van der Waals surface area (Å²) in [5.41, 5.74) is -1.11. The highest BCUT2D eigenvalue weighted by Crippen LogP contribution is 2.24. The lowest BCUT2D eigenvalue weighted by Gasteiger charge is -2.24. The molecule has 0 radical (unpaired) electrons. The Kier molecular flexibility index (Phi) is 5.38. The summed E-state index contributed by atoms with van der Waals surface area (Å²) in [6.45, 7) is 11.9. The minimum Gasteiger partial charge on any atom is -0.249 e. The maximum atomic E-state index is 8.85. The first-order valence-electron chi connectivity index (χ1n) is 5.51. The fraction of sp³-hybridized carbons (Fsp3) is 1.00. The van der Waals surface area contributed by atoms with Gasteiger partial charge in [0.15, 0.2) is 0 Å². The molecule has 0 aromatic carbocycles. The molecule has 0 aliphatic rings. The zero-order chi connectivity index (χ0) is 12.1. The summed E-state index contributed by atoms with van der Waals surface area (Å²) < 4.78 is 0. The van der Waals surface area contributed by atoms with Crippen LogP contribution in [0.25, 0.3) is 0 Å². The second-order valence-electron chi connectivity index (χ2n) is 5.23. The van der Waals surface area contributed by atoms with E-state index in [2.05, 4.69) is 35.9 Å². The van der Waals surface area contributed by atoms with Crippen LogP contribution in [0.4, 0.5) is 0 Å². The summed E-state index contributed by atoms with van der Waals surface area (Å²) in [7, 11) is 0. The molecule has 1 atom stereocenters. The van der Waals surface area contributed by atoms with E-state index in [4.69, 9.17) is 5.26 Å². The number of hydrogen-bond acceptors (Lipinski definition) is 4. The van der Waals surface area contributed by atoms with E-state index in [1.807, 2.05) is 13.8 Å². The van der Waals surface area contributed by atoms with Gasteiger partial charge in [-0.2, -0.15) is 10.2 Å². The normalized spacial score (nSPS) is 17.3. The van der Waals surface area contributed by atoms with Crippen molar-refractivity contribution in [2.24, 2.45) is 16.1 Å². The lowest BCUT2D eigenvalue weighted by molar-refractivity contribution is -0.321. The fourth-order valence-electron chi connectivity index (χ4n) is 1.17. The van der Waals surface area contributed by atoms with Gasteiger partial charge in [-0.1, -0.05) is 20.8 Å². The summed E-state index contributed by atoms with van der Waals surface area (Å²) in [5.74, 6) is 0.394. The van der Waals surface area contributed by atoms with Crippen LogP contribution in [0.1, 0.15) is 54.4 Å². The van der Waals surface area contributed by atoms with E-state index in [0.29, 0.717) is 12.3 Å². The van der Waals surface area contributed by atoms with Crippen molar-refractivity contribution in [3.63, 3.8) is 0 Å². The molecule has 0 bridgehead atoms. The van der Waals surface area contributed by atoms with E-state index in [-0.39, 0.29) is 5.54 Å². The Morgan fingerprint density at radius 1 is 1.20 bits per heavy atom. The van der Waals surface area contributed by atoms with Crippen molar-refractivity contribution in [2.45, 2.75) is 65.6 Å². The van der Waals surface area contributed by atoms with Gasteiger partial charge < -0.3 is 0 Å². The first kappa shape index (κ1) is 14.5. The van der Waals surface area contributed by atoms with Crippen LogP contribution in [0.15, 0.2) is 10.2 Å². The molecule has 0 aliphatic carbocycles. The van der Waals surface area contributed by atoms with Gasteiger partial charge >= 0.3 is 0 Å². The van der Waals surface area contributed by atoms with Crippen molar-refractivity contribution in [3.8, 4) is 0 Å². The molecule has 0 fully saturated rings. The van der Waals surface area contributed by atoms with Gasteiger partial charge in [-0.05, 0) is 33.1 Å². The zero-order valence-electron chi connectivity index (χ0n) is 10.7. The molecule has 0 amide bonds. The molecule has 90 valence electrons. The van der Waals surface area contributed by atoms with Crippen molar-refractivity contribution in [3.05, 3.63) is 0 Å². The van der Waals surface area contributed by atoms with E-state index in [9.17, 15) is 0 Å². The van der Waals surface area contributed by atoms with Gasteiger partial charge in [0.1, 0.15) is 0 Å².